The van der Waals surface area contributed by atoms with Gasteiger partial charge in [0.1, 0.15) is 11.6 Å². The van der Waals surface area contributed by atoms with E-state index in [9.17, 15) is 4.79 Å². The first kappa shape index (κ1) is 11.2. The number of nitrogens with zero attached hydrogens (tertiary/aromatic N) is 1. The van der Waals surface area contributed by atoms with Gasteiger partial charge in [-0.05, 0) is 31.2 Å². The molecule has 2 aromatic heterocycles. The summed E-state index contributed by atoms with van der Waals surface area (Å²) in [4.78, 5) is 15.1. The van der Waals surface area contributed by atoms with Crippen LogP contribution in [0.3, 0.4) is 0 Å². The maximum absolute atomic E-state index is 10.9. The number of hydrogen-bond donors (Lipinski definition) is 2. The van der Waals surface area contributed by atoms with Crippen LogP contribution in [-0.2, 0) is 6.54 Å². The topological polar surface area (TPSA) is 75.4 Å². The van der Waals surface area contributed by atoms with E-state index in [1.54, 1.807) is 19.3 Å². The Hall–Kier alpha value is -2.30. The maximum Gasteiger partial charge on any atom is 0.335 e. The van der Waals surface area contributed by atoms with Crippen LogP contribution in [0.15, 0.2) is 34.9 Å². The number of carboxylic acid groups (broad SMARTS) is 1. The van der Waals surface area contributed by atoms with E-state index in [2.05, 4.69) is 10.3 Å². The maximum atomic E-state index is 10.9. The lowest BCUT2D eigenvalue weighted by molar-refractivity contribution is 0.0696. The summed E-state index contributed by atoms with van der Waals surface area (Å²) in [5.41, 5.74) is 0.881. The highest BCUT2D eigenvalue weighted by Crippen LogP contribution is 2.11. The minimum Gasteiger partial charge on any atom is -0.478 e. The third kappa shape index (κ3) is 2.84. The van der Waals surface area contributed by atoms with Crippen molar-refractivity contribution in [3.63, 3.8) is 0 Å². The standard InChI is InChI=1S/C12H12N2O3/c1-8-5-9(12(15)16)6-11(14-8)13-7-10-3-2-4-17-10/h2-6H,7H2,1H3,(H,13,14)(H,15,16). The second-order valence-electron chi connectivity index (χ2n) is 3.62. The number of carboxylic acids is 1. The van der Waals surface area contributed by atoms with E-state index in [0.29, 0.717) is 18.1 Å². The zero-order valence-electron chi connectivity index (χ0n) is 9.30. The van der Waals surface area contributed by atoms with Gasteiger partial charge in [-0.2, -0.15) is 0 Å². The monoisotopic (exact) mass is 232 g/mol. The molecule has 0 aliphatic carbocycles. The summed E-state index contributed by atoms with van der Waals surface area (Å²) in [7, 11) is 0. The zero-order chi connectivity index (χ0) is 12.3. The quantitative estimate of drug-likeness (QED) is 0.845. The van der Waals surface area contributed by atoms with E-state index < -0.39 is 5.97 Å². The van der Waals surface area contributed by atoms with E-state index in [4.69, 9.17) is 9.52 Å². The van der Waals surface area contributed by atoms with Crippen LogP contribution in [0.5, 0.6) is 0 Å². The molecule has 0 aliphatic rings. The van der Waals surface area contributed by atoms with Crippen molar-refractivity contribution >= 4 is 11.8 Å². The molecule has 0 atom stereocenters. The van der Waals surface area contributed by atoms with Gasteiger partial charge in [0.25, 0.3) is 0 Å². The van der Waals surface area contributed by atoms with Gasteiger partial charge in [0.05, 0.1) is 18.4 Å². The highest BCUT2D eigenvalue weighted by molar-refractivity contribution is 5.88. The van der Waals surface area contributed by atoms with Crippen LogP contribution >= 0.6 is 0 Å². The molecule has 0 saturated carbocycles. The Balaban J connectivity index is 2.13. The zero-order valence-corrected chi connectivity index (χ0v) is 9.30. The first-order valence-electron chi connectivity index (χ1n) is 5.13. The number of anilines is 1. The van der Waals surface area contributed by atoms with Crippen molar-refractivity contribution in [3.05, 3.63) is 47.5 Å². The second kappa shape index (κ2) is 4.69. The third-order valence-electron chi connectivity index (χ3n) is 2.22. The fourth-order valence-electron chi connectivity index (χ4n) is 1.47. The van der Waals surface area contributed by atoms with Crippen LogP contribution in [0, 0.1) is 6.92 Å². The van der Waals surface area contributed by atoms with Crippen LogP contribution in [-0.4, -0.2) is 16.1 Å². The molecule has 0 radical (unpaired) electrons. The van der Waals surface area contributed by atoms with Crippen molar-refractivity contribution in [2.75, 3.05) is 5.32 Å². The number of aromatic carboxylic acids is 1. The van der Waals surface area contributed by atoms with Gasteiger partial charge in [-0.3, -0.25) is 0 Å². The van der Waals surface area contributed by atoms with E-state index in [-0.39, 0.29) is 5.56 Å². The number of pyridine rings is 1. The normalized spacial score (nSPS) is 10.2. The Morgan fingerprint density at radius 3 is 3.00 bits per heavy atom. The van der Waals surface area contributed by atoms with Crippen molar-refractivity contribution in [1.29, 1.82) is 0 Å². The van der Waals surface area contributed by atoms with Crippen LogP contribution < -0.4 is 5.32 Å². The molecule has 88 valence electrons. The Morgan fingerprint density at radius 2 is 2.35 bits per heavy atom. The van der Waals surface area contributed by atoms with Crippen molar-refractivity contribution in [3.8, 4) is 0 Å². The predicted octanol–water partition coefficient (Wildman–Crippen LogP) is 2.29. The molecule has 0 aliphatic heterocycles. The van der Waals surface area contributed by atoms with Crippen molar-refractivity contribution in [1.82, 2.24) is 4.98 Å². The fourth-order valence-corrected chi connectivity index (χ4v) is 1.47. The van der Waals surface area contributed by atoms with Crippen LogP contribution in [0.1, 0.15) is 21.8 Å². The number of hydrogen-bond acceptors (Lipinski definition) is 4. The largest absolute Gasteiger partial charge is 0.478 e. The molecule has 0 saturated heterocycles. The molecule has 17 heavy (non-hydrogen) atoms. The molecule has 2 N–H and O–H groups in total. The molecule has 0 fully saturated rings. The second-order valence-corrected chi connectivity index (χ2v) is 3.62. The first-order valence-corrected chi connectivity index (χ1v) is 5.13. The summed E-state index contributed by atoms with van der Waals surface area (Å²) in [5, 5.41) is 11.9. The molecule has 0 unspecified atom stereocenters. The minimum absolute atomic E-state index is 0.222. The smallest absolute Gasteiger partial charge is 0.335 e. The van der Waals surface area contributed by atoms with Gasteiger partial charge in [0.15, 0.2) is 0 Å². The lowest BCUT2D eigenvalue weighted by atomic mass is 10.2. The number of carbonyl (C=O) groups is 1. The SMILES string of the molecule is Cc1cc(C(=O)O)cc(NCc2ccco2)n1. The summed E-state index contributed by atoms with van der Waals surface area (Å²) in [6.45, 7) is 2.23. The molecule has 0 bridgehead atoms. The van der Waals surface area contributed by atoms with Crippen molar-refractivity contribution in [2.45, 2.75) is 13.5 Å². The number of nitrogens with one attached hydrogen (secondary N) is 1. The van der Waals surface area contributed by atoms with Gasteiger partial charge in [0, 0.05) is 5.69 Å². The molecular formula is C12H12N2O3. The van der Waals surface area contributed by atoms with Crippen LogP contribution in [0.25, 0.3) is 0 Å². The van der Waals surface area contributed by atoms with Crippen LogP contribution in [0.4, 0.5) is 5.82 Å². The summed E-state index contributed by atoms with van der Waals surface area (Å²) in [5.74, 6) is 0.334. The number of aromatic nitrogens is 1. The minimum atomic E-state index is -0.962. The highest BCUT2D eigenvalue weighted by Gasteiger charge is 2.06. The summed E-state index contributed by atoms with van der Waals surface area (Å²) < 4.78 is 5.16. The Labute approximate surface area is 98.1 Å². The summed E-state index contributed by atoms with van der Waals surface area (Å²) >= 11 is 0. The average Bonchev–Trinajstić information content (AvgIpc) is 2.78. The molecule has 0 aromatic carbocycles. The molecule has 2 heterocycles. The first-order chi connectivity index (χ1) is 8.15. The van der Waals surface area contributed by atoms with Crippen LogP contribution in [0.2, 0.25) is 0 Å². The Bertz CT molecular complexity index is 521. The molecule has 5 heteroatoms. The van der Waals surface area contributed by atoms with Crippen molar-refractivity contribution < 1.29 is 14.3 Å². The molecule has 2 rings (SSSR count). The number of furan rings is 1. The number of aryl methyl sites for hydroxylation is 1. The molecule has 2 aromatic rings. The highest BCUT2D eigenvalue weighted by atomic mass is 16.4. The van der Waals surface area contributed by atoms with Crippen molar-refractivity contribution in [2.24, 2.45) is 0 Å². The van der Waals surface area contributed by atoms with E-state index in [1.165, 1.54) is 12.1 Å². The third-order valence-corrected chi connectivity index (χ3v) is 2.22. The van der Waals surface area contributed by atoms with Gasteiger partial charge in [0.2, 0.25) is 0 Å². The average molecular weight is 232 g/mol. The predicted molar refractivity (Wildman–Crippen MR) is 62.0 cm³/mol. The van der Waals surface area contributed by atoms with Gasteiger partial charge in [-0.15, -0.1) is 0 Å². The van der Waals surface area contributed by atoms with E-state index >= 15 is 0 Å². The number of rotatable bonds is 4. The van der Waals surface area contributed by atoms with Gasteiger partial charge in [-0.1, -0.05) is 0 Å². The lowest BCUT2D eigenvalue weighted by Crippen LogP contribution is -2.04. The molecule has 0 amide bonds. The molecule has 0 spiro atoms. The van der Waals surface area contributed by atoms with Gasteiger partial charge < -0.3 is 14.8 Å². The Morgan fingerprint density at radius 1 is 1.53 bits per heavy atom. The lowest BCUT2D eigenvalue weighted by Gasteiger charge is -2.06. The van der Waals surface area contributed by atoms with Gasteiger partial charge >= 0.3 is 5.97 Å². The Kier molecular flexibility index (Phi) is 3.09. The summed E-state index contributed by atoms with van der Waals surface area (Å²) in [6.07, 6.45) is 1.59. The summed E-state index contributed by atoms with van der Waals surface area (Å²) in [6, 6.07) is 6.66. The fraction of sp³-hybridized carbons (Fsp3) is 0.167. The van der Waals surface area contributed by atoms with E-state index in [0.717, 1.165) is 5.76 Å². The molecule has 5 nitrogen and oxygen atoms in total. The van der Waals surface area contributed by atoms with E-state index in [1.807, 2.05) is 6.07 Å². The van der Waals surface area contributed by atoms with Gasteiger partial charge in [-0.25, -0.2) is 9.78 Å². The molecular weight excluding hydrogens is 220 g/mol.